The lowest BCUT2D eigenvalue weighted by atomic mass is 9.91. The molecule has 136 valence electrons. The average molecular weight is 354 g/mol. The first-order valence-electron chi connectivity index (χ1n) is 6.89. The fraction of sp³-hybridized carbons (Fsp3) is 0.375. The van der Waals surface area contributed by atoms with E-state index in [9.17, 15) is 19.2 Å². The van der Waals surface area contributed by atoms with Crippen LogP contribution in [0.2, 0.25) is 0 Å². The molecule has 0 atom stereocenters. The molecule has 0 aromatic heterocycles. The van der Waals surface area contributed by atoms with Gasteiger partial charge in [-0.05, 0) is 11.6 Å². The third-order valence-electron chi connectivity index (χ3n) is 3.28. The summed E-state index contributed by atoms with van der Waals surface area (Å²) < 4.78 is 23.6. The Labute approximate surface area is 143 Å². The van der Waals surface area contributed by atoms with Crippen LogP contribution < -0.4 is 0 Å². The number of rotatable bonds is 6. The Balaban J connectivity index is 4.05. The molecular formula is C16H18O9. The van der Waals surface area contributed by atoms with Crippen molar-refractivity contribution in [3.8, 4) is 0 Å². The molecular weight excluding hydrogens is 336 g/mol. The molecule has 0 amide bonds. The second kappa shape index (κ2) is 8.78. The van der Waals surface area contributed by atoms with Gasteiger partial charge in [0, 0.05) is 7.11 Å². The second-order valence-corrected chi connectivity index (χ2v) is 4.61. The van der Waals surface area contributed by atoms with Crippen molar-refractivity contribution in [2.24, 2.45) is 0 Å². The molecule has 9 nitrogen and oxygen atoms in total. The van der Waals surface area contributed by atoms with Gasteiger partial charge in [0.1, 0.15) is 0 Å². The fourth-order valence-corrected chi connectivity index (χ4v) is 2.23. The van der Waals surface area contributed by atoms with Gasteiger partial charge in [-0.2, -0.15) is 0 Å². The molecule has 9 heteroatoms. The molecule has 0 aliphatic rings. The quantitative estimate of drug-likeness (QED) is 0.544. The summed E-state index contributed by atoms with van der Waals surface area (Å²) in [5, 5.41) is 0. The van der Waals surface area contributed by atoms with Gasteiger partial charge in [0.15, 0.2) is 0 Å². The maximum atomic E-state index is 12.3. The highest BCUT2D eigenvalue weighted by Crippen LogP contribution is 2.27. The highest BCUT2D eigenvalue weighted by molar-refractivity contribution is 6.15. The maximum Gasteiger partial charge on any atom is 0.339 e. The minimum atomic E-state index is -1.02. The van der Waals surface area contributed by atoms with Gasteiger partial charge in [0.2, 0.25) is 0 Å². The summed E-state index contributed by atoms with van der Waals surface area (Å²) in [5.41, 5.74) is -1.31. The Bertz CT molecular complexity index is 706. The topological polar surface area (TPSA) is 114 Å². The van der Waals surface area contributed by atoms with Crippen LogP contribution in [0.15, 0.2) is 6.07 Å². The zero-order valence-electron chi connectivity index (χ0n) is 14.5. The molecule has 0 aliphatic heterocycles. The number of benzene rings is 1. The molecule has 0 saturated heterocycles. The van der Waals surface area contributed by atoms with Crippen LogP contribution in [0.4, 0.5) is 0 Å². The van der Waals surface area contributed by atoms with Gasteiger partial charge in [-0.25, -0.2) is 19.2 Å². The van der Waals surface area contributed by atoms with Crippen LogP contribution >= 0.6 is 0 Å². The van der Waals surface area contributed by atoms with E-state index in [0.29, 0.717) is 0 Å². The number of methoxy groups -OCH3 is 5. The zero-order valence-corrected chi connectivity index (χ0v) is 14.5. The Morgan fingerprint density at radius 1 is 0.680 bits per heavy atom. The van der Waals surface area contributed by atoms with Gasteiger partial charge in [0.05, 0.1) is 57.3 Å². The predicted octanol–water partition coefficient (Wildman–Crippen LogP) is 0.979. The molecule has 0 heterocycles. The van der Waals surface area contributed by atoms with Crippen molar-refractivity contribution in [1.29, 1.82) is 0 Å². The standard InChI is InChI=1S/C16H18O9/c1-21-7-8-6-9(13(17)22-2)11(15(19)24-4)12(16(20)25-5)10(8)14(18)23-3/h6H,7H2,1-5H3. The molecule has 0 unspecified atom stereocenters. The van der Waals surface area contributed by atoms with Crippen LogP contribution in [0, 0.1) is 0 Å². The highest BCUT2D eigenvalue weighted by atomic mass is 16.5. The molecule has 0 fully saturated rings. The van der Waals surface area contributed by atoms with Crippen LogP contribution in [0.1, 0.15) is 47.0 Å². The van der Waals surface area contributed by atoms with Crippen molar-refractivity contribution < 1.29 is 42.9 Å². The van der Waals surface area contributed by atoms with Crippen LogP contribution in [0.25, 0.3) is 0 Å². The largest absolute Gasteiger partial charge is 0.465 e. The summed E-state index contributed by atoms with van der Waals surface area (Å²) in [6.07, 6.45) is 0. The van der Waals surface area contributed by atoms with Gasteiger partial charge in [-0.15, -0.1) is 0 Å². The number of hydrogen-bond acceptors (Lipinski definition) is 9. The Hall–Kier alpha value is -2.94. The molecule has 0 spiro atoms. The SMILES string of the molecule is COCc1cc(C(=O)OC)c(C(=O)OC)c(C(=O)OC)c1C(=O)OC. The molecule has 1 aromatic rings. The number of esters is 4. The Kier molecular flexibility index (Phi) is 7.06. The normalized spacial score (nSPS) is 9.96. The van der Waals surface area contributed by atoms with Crippen molar-refractivity contribution in [2.75, 3.05) is 35.5 Å². The monoisotopic (exact) mass is 354 g/mol. The molecule has 0 bridgehead atoms. The highest BCUT2D eigenvalue weighted by Gasteiger charge is 2.34. The number of carbonyl (C=O) groups excluding carboxylic acids is 4. The van der Waals surface area contributed by atoms with Crippen LogP contribution in [-0.2, 0) is 30.3 Å². The van der Waals surface area contributed by atoms with Gasteiger partial charge >= 0.3 is 23.9 Å². The second-order valence-electron chi connectivity index (χ2n) is 4.61. The molecule has 0 saturated carbocycles. The van der Waals surface area contributed by atoms with E-state index in [1.54, 1.807) is 0 Å². The van der Waals surface area contributed by atoms with E-state index in [2.05, 4.69) is 18.9 Å². The molecule has 0 aliphatic carbocycles. The lowest BCUT2D eigenvalue weighted by molar-refractivity contribution is 0.0518. The van der Waals surface area contributed by atoms with E-state index >= 15 is 0 Å². The van der Waals surface area contributed by atoms with E-state index in [4.69, 9.17) is 4.74 Å². The fourth-order valence-electron chi connectivity index (χ4n) is 2.23. The van der Waals surface area contributed by atoms with Gasteiger partial charge in [-0.1, -0.05) is 0 Å². The third-order valence-corrected chi connectivity index (χ3v) is 3.28. The van der Waals surface area contributed by atoms with Crippen LogP contribution in [-0.4, -0.2) is 59.4 Å². The summed E-state index contributed by atoms with van der Waals surface area (Å²) in [6.45, 7) is -0.139. The lowest BCUT2D eigenvalue weighted by Gasteiger charge is -2.17. The first-order valence-corrected chi connectivity index (χ1v) is 6.89. The summed E-state index contributed by atoms with van der Waals surface area (Å²) in [6, 6.07) is 1.21. The van der Waals surface area contributed by atoms with Crippen molar-refractivity contribution in [3.05, 3.63) is 33.9 Å². The first-order chi connectivity index (χ1) is 11.9. The molecule has 1 rings (SSSR count). The third kappa shape index (κ3) is 3.94. The molecule has 0 radical (unpaired) electrons. The van der Waals surface area contributed by atoms with Crippen molar-refractivity contribution in [3.63, 3.8) is 0 Å². The van der Waals surface area contributed by atoms with E-state index < -0.39 is 35.0 Å². The van der Waals surface area contributed by atoms with E-state index in [1.807, 2.05) is 0 Å². The number of ether oxygens (including phenoxy) is 5. The first kappa shape index (κ1) is 20.1. The van der Waals surface area contributed by atoms with Gasteiger partial charge in [0.25, 0.3) is 0 Å². The lowest BCUT2D eigenvalue weighted by Crippen LogP contribution is -2.24. The molecule has 0 N–H and O–H groups in total. The zero-order chi connectivity index (χ0) is 19.1. The van der Waals surface area contributed by atoms with Gasteiger partial charge in [-0.3, -0.25) is 0 Å². The maximum absolute atomic E-state index is 12.3. The Morgan fingerprint density at radius 2 is 1.12 bits per heavy atom. The van der Waals surface area contributed by atoms with E-state index in [0.717, 1.165) is 28.4 Å². The van der Waals surface area contributed by atoms with Crippen LogP contribution in [0.3, 0.4) is 0 Å². The number of carbonyl (C=O) groups is 4. The van der Waals surface area contributed by atoms with Crippen molar-refractivity contribution in [2.45, 2.75) is 6.61 Å². The Morgan fingerprint density at radius 3 is 1.56 bits per heavy atom. The van der Waals surface area contributed by atoms with Gasteiger partial charge < -0.3 is 23.7 Å². The minimum Gasteiger partial charge on any atom is -0.465 e. The summed E-state index contributed by atoms with van der Waals surface area (Å²) in [7, 11) is 5.68. The summed E-state index contributed by atoms with van der Waals surface area (Å²) >= 11 is 0. The van der Waals surface area contributed by atoms with E-state index in [-0.39, 0.29) is 23.3 Å². The smallest absolute Gasteiger partial charge is 0.339 e. The summed E-state index contributed by atoms with van der Waals surface area (Å²) in [4.78, 5) is 48.8. The van der Waals surface area contributed by atoms with Crippen molar-refractivity contribution in [1.82, 2.24) is 0 Å². The summed E-state index contributed by atoms with van der Waals surface area (Å²) in [5.74, 6) is -3.85. The van der Waals surface area contributed by atoms with Crippen molar-refractivity contribution >= 4 is 23.9 Å². The average Bonchev–Trinajstić information content (AvgIpc) is 2.64. The minimum absolute atomic E-state index is 0.139. The number of hydrogen-bond donors (Lipinski definition) is 0. The van der Waals surface area contributed by atoms with Crippen LogP contribution in [0.5, 0.6) is 0 Å². The predicted molar refractivity (Wildman–Crippen MR) is 82.5 cm³/mol. The molecule has 25 heavy (non-hydrogen) atoms. The molecule has 1 aromatic carbocycles. The van der Waals surface area contributed by atoms with E-state index in [1.165, 1.54) is 13.2 Å².